The SMILES string of the molecule is CCCCCCCCCCCCCC[N+]1(CCCS(=O)(=O)[O-])CC(C)C(CS(=O)(=O)O)C1. The Bertz CT molecular complexity index is 710. The normalized spacial score (nSPS) is 24.2. The Morgan fingerprint density at radius 1 is 0.781 bits per heavy atom. The van der Waals surface area contributed by atoms with Gasteiger partial charge in [0.15, 0.2) is 0 Å². The molecule has 1 aliphatic rings. The van der Waals surface area contributed by atoms with Crippen LogP contribution >= 0.6 is 0 Å². The Labute approximate surface area is 197 Å². The molecule has 7 nitrogen and oxygen atoms in total. The Balaban J connectivity index is 2.37. The van der Waals surface area contributed by atoms with Crippen molar-refractivity contribution in [1.29, 1.82) is 0 Å². The Hall–Kier alpha value is -0.220. The second-order valence-electron chi connectivity index (χ2n) is 10.1. The molecule has 1 heterocycles. The molecule has 0 radical (unpaired) electrons. The predicted molar refractivity (Wildman–Crippen MR) is 129 cm³/mol. The van der Waals surface area contributed by atoms with Crippen LogP contribution in [-0.2, 0) is 20.2 Å². The highest BCUT2D eigenvalue weighted by atomic mass is 32.2. The van der Waals surface area contributed by atoms with E-state index in [2.05, 4.69) is 6.92 Å². The van der Waals surface area contributed by atoms with E-state index in [1.54, 1.807) is 0 Å². The molecule has 192 valence electrons. The van der Waals surface area contributed by atoms with E-state index < -0.39 is 20.2 Å². The first kappa shape index (κ1) is 29.8. The minimum absolute atomic E-state index is 0.133. The van der Waals surface area contributed by atoms with Gasteiger partial charge in [-0.1, -0.05) is 78.1 Å². The van der Waals surface area contributed by atoms with Crippen molar-refractivity contribution in [1.82, 2.24) is 0 Å². The van der Waals surface area contributed by atoms with E-state index in [4.69, 9.17) is 0 Å². The summed E-state index contributed by atoms with van der Waals surface area (Å²) in [5.41, 5.74) is 0. The molecule has 1 saturated heterocycles. The summed E-state index contributed by atoms with van der Waals surface area (Å²) in [4.78, 5) is 0. The molecule has 3 unspecified atom stereocenters. The Morgan fingerprint density at radius 2 is 1.25 bits per heavy atom. The zero-order valence-electron chi connectivity index (χ0n) is 20.3. The molecule has 0 aromatic heterocycles. The number of quaternary nitrogens is 1. The molecule has 1 rings (SSSR count). The second-order valence-corrected chi connectivity index (χ2v) is 13.2. The summed E-state index contributed by atoms with van der Waals surface area (Å²) >= 11 is 0. The first-order valence-electron chi connectivity index (χ1n) is 12.7. The summed E-state index contributed by atoms with van der Waals surface area (Å²) < 4.78 is 65.8. The highest BCUT2D eigenvalue weighted by Crippen LogP contribution is 2.32. The van der Waals surface area contributed by atoms with Crippen molar-refractivity contribution in [2.24, 2.45) is 11.8 Å². The predicted octanol–water partition coefficient (Wildman–Crippen LogP) is 4.59. The Kier molecular flexibility index (Phi) is 13.9. The van der Waals surface area contributed by atoms with E-state index in [-0.39, 0.29) is 23.3 Å². The zero-order valence-corrected chi connectivity index (χ0v) is 22.0. The van der Waals surface area contributed by atoms with Crippen molar-refractivity contribution in [3.63, 3.8) is 0 Å². The van der Waals surface area contributed by atoms with Gasteiger partial charge in [0.25, 0.3) is 10.1 Å². The maximum Gasteiger partial charge on any atom is 0.265 e. The lowest BCUT2D eigenvalue weighted by molar-refractivity contribution is -0.919. The van der Waals surface area contributed by atoms with Gasteiger partial charge < -0.3 is 9.04 Å². The number of unbranched alkanes of at least 4 members (excludes halogenated alkanes) is 11. The summed E-state index contributed by atoms with van der Waals surface area (Å²) in [6, 6.07) is 0. The number of nitrogens with zero attached hydrogens (tertiary/aromatic N) is 1. The third-order valence-corrected chi connectivity index (χ3v) is 8.68. The second kappa shape index (κ2) is 14.9. The number of hydrogen-bond donors (Lipinski definition) is 1. The van der Waals surface area contributed by atoms with E-state index in [0.717, 1.165) is 25.9 Å². The summed E-state index contributed by atoms with van der Waals surface area (Å²) in [7, 11) is -8.28. The van der Waals surface area contributed by atoms with Gasteiger partial charge in [0, 0.05) is 24.0 Å². The van der Waals surface area contributed by atoms with E-state index >= 15 is 0 Å². The van der Waals surface area contributed by atoms with Crippen LogP contribution in [0.15, 0.2) is 0 Å². The quantitative estimate of drug-likeness (QED) is 0.159. The molecule has 3 atom stereocenters. The van der Waals surface area contributed by atoms with Gasteiger partial charge in [0.1, 0.15) is 0 Å². The average Bonchev–Trinajstić information content (AvgIpc) is 2.95. The molecule has 1 fully saturated rings. The van der Waals surface area contributed by atoms with Crippen LogP contribution in [0.25, 0.3) is 0 Å². The van der Waals surface area contributed by atoms with Crippen molar-refractivity contribution in [3.8, 4) is 0 Å². The lowest BCUT2D eigenvalue weighted by Gasteiger charge is -2.35. The summed E-state index contributed by atoms with van der Waals surface area (Å²) in [5.74, 6) is -0.612. The monoisotopic (exact) mass is 497 g/mol. The van der Waals surface area contributed by atoms with E-state index in [0.29, 0.717) is 24.0 Å². The van der Waals surface area contributed by atoms with Crippen LogP contribution in [0.4, 0.5) is 0 Å². The van der Waals surface area contributed by atoms with Crippen LogP contribution < -0.4 is 0 Å². The van der Waals surface area contributed by atoms with Crippen LogP contribution in [0.1, 0.15) is 97.3 Å². The smallest absolute Gasteiger partial charge is 0.265 e. The van der Waals surface area contributed by atoms with Crippen molar-refractivity contribution < 1.29 is 30.4 Å². The molecular formula is C23H47NO6S2. The van der Waals surface area contributed by atoms with Crippen molar-refractivity contribution in [3.05, 3.63) is 0 Å². The molecule has 32 heavy (non-hydrogen) atoms. The van der Waals surface area contributed by atoms with E-state index in [9.17, 15) is 25.9 Å². The zero-order chi connectivity index (χ0) is 24.1. The molecule has 0 amide bonds. The van der Waals surface area contributed by atoms with Crippen molar-refractivity contribution in [2.75, 3.05) is 37.7 Å². The van der Waals surface area contributed by atoms with Crippen LogP contribution in [0.2, 0.25) is 0 Å². The third kappa shape index (κ3) is 14.1. The molecular weight excluding hydrogens is 450 g/mol. The van der Waals surface area contributed by atoms with Gasteiger partial charge in [0.2, 0.25) is 0 Å². The van der Waals surface area contributed by atoms with Crippen LogP contribution in [0.3, 0.4) is 0 Å². The van der Waals surface area contributed by atoms with Crippen molar-refractivity contribution in [2.45, 2.75) is 97.3 Å². The average molecular weight is 498 g/mol. The van der Waals surface area contributed by atoms with Gasteiger partial charge in [-0.15, -0.1) is 0 Å². The Morgan fingerprint density at radius 3 is 1.72 bits per heavy atom. The van der Waals surface area contributed by atoms with Crippen molar-refractivity contribution >= 4 is 20.2 Å². The summed E-state index contributed by atoms with van der Waals surface area (Å²) in [6.45, 7) is 7.09. The minimum Gasteiger partial charge on any atom is -0.748 e. The molecule has 1 N–H and O–H groups in total. The lowest BCUT2D eigenvalue weighted by Crippen LogP contribution is -2.48. The fraction of sp³-hybridized carbons (Fsp3) is 1.00. The summed E-state index contributed by atoms with van der Waals surface area (Å²) in [5, 5.41) is 0. The largest absolute Gasteiger partial charge is 0.748 e. The fourth-order valence-corrected chi connectivity index (χ4v) is 6.80. The number of likely N-dealkylation sites (tertiary alicyclic amines) is 1. The molecule has 0 aromatic rings. The van der Waals surface area contributed by atoms with Gasteiger partial charge >= 0.3 is 0 Å². The van der Waals surface area contributed by atoms with E-state index in [1.165, 1.54) is 64.2 Å². The van der Waals surface area contributed by atoms with Gasteiger partial charge in [-0.05, 0) is 12.8 Å². The van der Waals surface area contributed by atoms with Crippen LogP contribution in [0.5, 0.6) is 0 Å². The highest BCUT2D eigenvalue weighted by molar-refractivity contribution is 7.85. The standard InChI is InChI=1S/C23H47NO6S2/c1-3-4-5-6-7-8-9-10-11-12-13-14-16-24(17-15-18-31(25,26)27)19-22(2)23(20-24)21-32(28,29)30/h22-23H,3-21H2,1-2H3,(H-,25,26,27,28,29,30). The molecule has 0 bridgehead atoms. The molecule has 0 saturated carbocycles. The third-order valence-electron chi connectivity index (χ3n) is 7.04. The lowest BCUT2D eigenvalue weighted by atomic mass is 10.0. The number of rotatable bonds is 19. The highest BCUT2D eigenvalue weighted by Gasteiger charge is 2.43. The molecule has 0 aliphatic carbocycles. The van der Waals surface area contributed by atoms with Crippen LogP contribution in [0, 0.1) is 11.8 Å². The van der Waals surface area contributed by atoms with Gasteiger partial charge in [-0.25, -0.2) is 8.42 Å². The molecule has 0 spiro atoms. The molecule has 9 heteroatoms. The van der Waals surface area contributed by atoms with Gasteiger partial charge in [0.05, 0.1) is 42.1 Å². The molecule has 0 aromatic carbocycles. The van der Waals surface area contributed by atoms with Gasteiger partial charge in [-0.3, -0.25) is 4.55 Å². The van der Waals surface area contributed by atoms with E-state index in [1.807, 2.05) is 6.92 Å². The van der Waals surface area contributed by atoms with Gasteiger partial charge in [-0.2, -0.15) is 8.42 Å². The maximum atomic E-state index is 11.4. The molecule has 1 aliphatic heterocycles. The first-order valence-corrected chi connectivity index (χ1v) is 15.9. The van der Waals surface area contributed by atoms with Crippen LogP contribution in [-0.4, -0.2) is 68.1 Å². The first-order chi connectivity index (χ1) is 15.0. The topological polar surface area (TPSA) is 112 Å². The maximum absolute atomic E-state index is 11.4. The minimum atomic E-state index is -4.24. The number of hydrogen-bond acceptors (Lipinski definition) is 5. The summed E-state index contributed by atoms with van der Waals surface area (Å²) in [6.07, 6.45) is 15.5. The fourth-order valence-electron chi connectivity index (χ4n) is 5.34.